The van der Waals surface area contributed by atoms with Gasteiger partial charge in [0, 0.05) is 10.6 Å². The maximum atomic E-state index is 12.1. The number of aryl methyl sites for hydroxylation is 1. The highest BCUT2D eigenvalue weighted by molar-refractivity contribution is 8.02. The summed E-state index contributed by atoms with van der Waals surface area (Å²) in [5.74, 6) is 0.666. The lowest BCUT2D eigenvalue weighted by molar-refractivity contribution is 0.674. The smallest absolute Gasteiger partial charge is 0.0991 e. The van der Waals surface area contributed by atoms with Crippen molar-refractivity contribution in [2.75, 3.05) is 12.0 Å². The summed E-state index contributed by atoms with van der Waals surface area (Å²) in [6, 6.07) is 7.42. The van der Waals surface area contributed by atoms with Crippen molar-refractivity contribution in [3.63, 3.8) is 0 Å². The molecule has 1 aromatic carbocycles. The molecule has 0 fully saturated rings. The first-order valence-electron chi connectivity index (χ1n) is 4.59. The Labute approximate surface area is 86.0 Å². The Hall–Kier alpha value is -1.14. The molecule has 0 aliphatic carbocycles. The molecule has 0 atom stereocenters. The Morgan fingerprint density at radius 2 is 2.14 bits per heavy atom. The molecular weight excluding hydrogens is 194 g/mol. The topological polar surface area (TPSA) is 40.9 Å². The number of nitriles is 1. The zero-order valence-corrected chi connectivity index (χ0v) is 9.64. The van der Waals surface area contributed by atoms with Crippen molar-refractivity contribution < 1.29 is 4.21 Å². The second-order valence-electron chi connectivity index (χ2n) is 3.53. The summed E-state index contributed by atoms with van der Waals surface area (Å²) in [6.07, 6.45) is 1.79. The monoisotopic (exact) mass is 209 g/mol. The average molecular weight is 209 g/mol. The molecule has 1 rings (SSSR count). The standard InChI is InChI=1S/C11H15NOS/c1-4-14(3,13)11-6-5-10(8-12)7-9(11)2/h5-7,14H,4H2,1-3H3. The molecule has 0 saturated carbocycles. The van der Waals surface area contributed by atoms with Crippen LogP contribution in [0.15, 0.2) is 23.1 Å². The molecule has 0 spiro atoms. The summed E-state index contributed by atoms with van der Waals surface area (Å²) in [6.45, 7) is 3.83. The highest BCUT2D eigenvalue weighted by atomic mass is 32.2. The molecule has 14 heavy (non-hydrogen) atoms. The van der Waals surface area contributed by atoms with Crippen LogP contribution in [0.4, 0.5) is 0 Å². The normalized spacial score (nSPS) is 12.1. The molecule has 0 aromatic heterocycles. The van der Waals surface area contributed by atoms with Crippen molar-refractivity contribution in [1.82, 2.24) is 0 Å². The van der Waals surface area contributed by atoms with Gasteiger partial charge in [-0.1, -0.05) is 16.9 Å². The summed E-state index contributed by atoms with van der Waals surface area (Å²) >= 11 is 0. The van der Waals surface area contributed by atoms with Gasteiger partial charge >= 0.3 is 0 Å². The van der Waals surface area contributed by atoms with Crippen LogP contribution in [0.2, 0.25) is 0 Å². The molecule has 3 heteroatoms. The molecule has 0 unspecified atom stereocenters. The van der Waals surface area contributed by atoms with Crippen LogP contribution in [0.5, 0.6) is 0 Å². The number of hydrogen-bond donors (Lipinski definition) is 1. The van der Waals surface area contributed by atoms with E-state index in [1.54, 1.807) is 18.4 Å². The third-order valence-corrected chi connectivity index (χ3v) is 5.17. The summed E-state index contributed by atoms with van der Waals surface area (Å²) in [7, 11) is -2.20. The van der Waals surface area contributed by atoms with E-state index < -0.39 is 9.93 Å². The predicted molar refractivity (Wildman–Crippen MR) is 60.2 cm³/mol. The minimum Gasteiger partial charge on any atom is -0.281 e. The molecule has 0 heterocycles. The Bertz CT molecular complexity index is 431. The zero-order valence-electron chi connectivity index (χ0n) is 8.74. The van der Waals surface area contributed by atoms with Crippen LogP contribution in [-0.4, -0.2) is 16.2 Å². The highest BCUT2D eigenvalue weighted by Crippen LogP contribution is 2.21. The largest absolute Gasteiger partial charge is 0.281 e. The zero-order chi connectivity index (χ0) is 10.8. The van der Waals surface area contributed by atoms with Crippen LogP contribution in [0.1, 0.15) is 18.1 Å². The van der Waals surface area contributed by atoms with Crippen LogP contribution in [0.25, 0.3) is 0 Å². The van der Waals surface area contributed by atoms with Crippen molar-refractivity contribution in [3.8, 4) is 6.07 Å². The van der Waals surface area contributed by atoms with Gasteiger partial charge in [-0.15, -0.1) is 0 Å². The van der Waals surface area contributed by atoms with Gasteiger partial charge < -0.3 is 0 Å². The third-order valence-electron chi connectivity index (χ3n) is 2.44. The number of thiol groups is 1. The van der Waals surface area contributed by atoms with E-state index in [1.165, 1.54) is 0 Å². The van der Waals surface area contributed by atoms with E-state index >= 15 is 0 Å². The molecule has 0 amide bonds. The minimum absolute atomic E-state index is 0.627. The molecule has 2 nitrogen and oxygen atoms in total. The second kappa shape index (κ2) is 3.93. The SMILES string of the molecule is CC[SH](C)(=O)c1ccc(C#N)cc1C. The Morgan fingerprint density at radius 1 is 1.50 bits per heavy atom. The summed E-state index contributed by atoms with van der Waals surface area (Å²) in [4.78, 5) is 0.902. The Kier molecular flexibility index (Phi) is 3.07. The highest BCUT2D eigenvalue weighted by Gasteiger charge is 2.12. The van der Waals surface area contributed by atoms with Gasteiger partial charge in [0.15, 0.2) is 0 Å². The van der Waals surface area contributed by atoms with Crippen LogP contribution in [0, 0.1) is 18.3 Å². The number of rotatable bonds is 2. The van der Waals surface area contributed by atoms with Gasteiger partial charge in [0.1, 0.15) is 0 Å². The van der Waals surface area contributed by atoms with Gasteiger partial charge in [0.25, 0.3) is 0 Å². The van der Waals surface area contributed by atoms with Gasteiger partial charge in [0.05, 0.1) is 11.6 Å². The molecule has 0 saturated heterocycles. The predicted octanol–water partition coefficient (Wildman–Crippen LogP) is 1.89. The average Bonchev–Trinajstić information content (AvgIpc) is 2.17. The van der Waals surface area contributed by atoms with E-state index in [1.807, 2.05) is 19.9 Å². The first-order valence-corrected chi connectivity index (χ1v) is 6.93. The van der Waals surface area contributed by atoms with Gasteiger partial charge in [-0.3, -0.25) is 4.21 Å². The first-order chi connectivity index (χ1) is 6.51. The molecular formula is C11H15NOS. The lowest BCUT2D eigenvalue weighted by Gasteiger charge is -2.18. The van der Waals surface area contributed by atoms with E-state index in [4.69, 9.17) is 5.26 Å². The number of benzene rings is 1. The summed E-state index contributed by atoms with van der Waals surface area (Å²) in [5.41, 5.74) is 1.58. The van der Waals surface area contributed by atoms with E-state index in [9.17, 15) is 4.21 Å². The van der Waals surface area contributed by atoms with Crippen molar-refractivity contribution >= 4 is 9.93 Å². The molecule has 0 aliphatic heterocycles. The lowest BCUT2D eigenvalue weighted by atomic mass is 10.2. The molecule has 0 bridgehead atoms. The van der Waals surface area contributed by atoms with Crippen molar-refractivity contribution in [1.29, 1.82) is 5.26 Å². The van der Waals surface area contributed by atoms with E-state index in [-0.39, 0.29) is 0 Å². The second-order valence-corrected chi connectivity index (χ2v) is 6.85. The van der Waals surface area contributed by atoms with Gasteiger partial charge in [-0.25, -0.2) is 0 Å². The van der Waals surface area contributed by atoms with Crippen molar-refractivity contribution in [2.24, 2.45) is 0 Å². The van der Waals surface area contributed by atoms with Crippen LogP contribution in [0.3, 0.4) is 0 Å². The fourth-order valence-corrected chi connectivity index (χ4v) is 2.97. The Balaban J connectivity index is 3.27. The van der Waals surface area contributed by atoms with E-state index in [2.05, 4.69) is 6.07 Å². The molecule has 0 radical (unpaired) electrons. The molecule has 0 aliphatic rings. The van der Waals surface area contributed by atoms with Crippen LogP contribution in [-0.2, 0) is 9.93 Å². The number of nitrogens with zero attached hydrogens (tertiary/aromatic N) is 1. The quantitative estimate of drug-likeness (QED) is 0.756. The van der Waals surface area contributed by atoms with E-state index in [0.717, 1.165) is 10.5 Å². The summed E-state index contributed by atoms with van der Waals surface area (Å²) in [5, 5.41) is 8.69. The Morgan fingerprint density at radius 3 is 2.57 bits per heavy atom. The molecule has 76 valence electrons. The number of hydrogen-bond acceptors (Lipinski definition) is 2. The molecule has 1 aromatic rings. The van der Waals surface area contributed by atoms with Crippen LogP contribution >= 0.6 is 0 Å². The minimum atomic E-state index is -2.20. The molecule has 0 N–H and O–H groups in total. The fraction of sp³-hybridized carbons (Fsp3) is 0.364. The summed E-state index contributed by atoms with van der Waals surface area (Å²) < 4.78 is 12.1. The van der Waals surface area contributed by atoms with Crippen molar-refractivity contribution in [3.05, 3.63) is 29.3 Å². The van der Waals surface area contributed by atoms with E-state index in [0.29, 0.717) is 11.3 Å². The maximum absolute atomic E-state index is 12.1. The third kappa shape index (κ3) is 2.02. The van der Waals surface area contributed by atoms with Crippen LogP contribution < -0.4 is 0 Å². The first kappa shape index (κ1) is 10.9. The lowest BCUT2D eigenvalue weighted by Crippen LogP contribution is -2.14. The van der Waals surface area contributed by atoms with Crippen molar-refractivity contribution in [2.45, 2.75) is 18.7 Å². The fourth-order valence-electron chi connectivity index (χ4n) is 1.43. The van der Waals surface area contributed by atoms with Gasteiger partial charge in [-0.05, 0) is 36.9 Å². The maximum Gasteiger partial charge on any atom is 0.0991 e. The van der Waals surface area contributed by atoms with Gasteiger partial charge in [0.2, 0.25) is 0 Å². The van der Waals surface area contributed by atoms with Gasteiger partial charge in [-0.2, -0.15) is 5.26 Å².